The van der Waals surface area contributed by atoms with Crippen molar-refractivity contribution < 1.29 is 18.9 Å². The zero-order chi connectivity index (χ0) is 18.5. The Morgan fingerprint density at radius 3 is 2.69 bits per heavy atom. The summed E-state index contributed by atoms with van der Waals surface area (Å²) < 4.78 is 12.0. The number of hydrogen-bond donors (Lipinski definition) is 0. The van der Waals surface area contributed by atoms with E-state index in [1.807, 2.05) is 5.38 Å². The van der Waals surface area contributed by atoms with Crippen molar-refractivity contribution in [1.82, 2.24) is 0 Å². The molecule has 0 N–H and O–H groups in total. The number of benzene rings is 1. The molecular formula is C18H12BrNO5S. The second-order valence-electron chi connectivity index (χ2n) is 5.17. The number of rotatable bonds is 7. The van der Waals surface area contributed by atoms with Crippen molar-refractivity contribution in [2.75, 3.05) is 0 Å². The quantitative estimate of drug-likeness (QED) is 0.213. The maximum Gasteiger partial charge on any atom is 0.269 e. The van der Waals surface area contributed by atoms with Crippen molar-refractivity contribution in [2.24, 2.45) is 0 Å². The van der Waals surface area contributed by atoms with Crippen molar-refractivity contribution in [1.29, 1.82) is 0 Å². The Labute approximate surface area is 161 Å². The van der Waals surface area contributed by atoms with Gasteiger partial charge in [-0.3, -0.25) is 14.9 Å². The molecule has 0 aliphatic rings. The first-order valence-electron chi connectivity index (χ1n) is 7.44. The molecule has 2 heterocycles. The van der Waals surface area contributed by atoms with Gasteiger partial charge in [0.2, 0.25) is 0 Å². The van der Waals surface area contributed by atoms with Gasteiger partial charge in [-0.05, 0) is 58.4 Å². The van der Waals surface area contributed by atoms with E-state index >= 15 is 0 Å². The first-order chi connectivity index (χ1) is 12.5. The lowest BCUT2D eigenvalue weighted by Crippen LogP contribution is -1.94. The number of ether oxygens (including phenoxy) is 1. The van der Waals surface area contributed by atoms with Crippen LogP contribution < -0.4 is 4.74 Å². The number of furan rings is 1. The molecule has 0 saturated heterocycles. The predicted molar refractivity (Wildman–Crippen MR) is 102 cm³/mol. The Morgan fingerprint density at radius 1 is 1.27 bits per heavy atom. The zero-order valence-corrected chi connectivity index (χ0v) is 15.7. The summed E-state index contributed by atoms with van der Waals surface area (Å²) in [6.07, 6.45) is 3.06. The van der Waals surface area contributed by atoms with Gasteiger partial charge in [-0.25, -0.2) is 0 Å². The number of non-ortho nitro benzene ring substituents is 1. The number of thiophene rings is 1. The first kappa shape index (κ1) is 18.1. The molecule has 0 spiro atoms. The van der Waals surface area contributed by atoms with Crippen LogP contribution in [0.1, 0.15) is 21.2 Å². The van der Waals surface area contributed by atoms with E-state index in [-0.39, 0.29) is 18.1 Å². The number of carbonyl (C=O) groups is 1. The molecule has 0 atom stereocenters. The summed E-state index contributed by atoms with van der Waals surface area (Å²) in [7, 11) is 0. The summed E-state index contributed by atoms with van der Waals surface area (Å²) in [5, 5.41) is 12.5. The van der Waals surface area contributed by atoms with E-state index in [2.05, 4.69) is 15.9 Å². The average molecular weight is 434 g/mol. The van der Waals surface area contributed by atoms with E-state index in [9.17, 15) is 14.9 Å². The molecule has 3 aromatic rings. The second kappa shape index (κ2) is 8.11. The lowest BCUT2D eigenvalue weighted by atomic mass is 10.3. The summed E-state index contributed by atoms with van der Waals surface area (Å²) in [5.74, 6) is 1.52. The minimum absolute atomic E-state index is 0.00482. The molecule has 0 aliphatic heterocycles. The van der Waals surface area contributed by atoms with E-state index < -0.39 is 4.92 Å². The molecule has 0 amide bonds. The van der Waals surface area contributed by atoms with Gasteiger partial charge < -0.3 is 9.15 Å². The Hall–Kier alpha value is -2.71. The standard InChI is InChI=1S/C18H12BrNO5S/c19-12-9-18(26-11-12)17(21)8-7-15-5-6-16(25-15)10-24-14-3-1-13(2-4-14)20(22)23/h1-9,11H,10H2/b8-7+. The number of allylic oxidation sites excluding steroid dienone is 1. The molecular weight excluding hydrogens is 422 g/mol. The van der Waals surface area contributed by atoms with Gasteiger partial charge in [-0.2, -0.15) is 0 Å². The van der Waals surface area contributed by atoms with Crippen LogP contribution in [0.25, 0.3) is 6.08 Å². The summed E-state index contributed by atoms with van der Waals surface area (Å²) in [4.78, 5) is 22.8. The lowest BCUT2D eigenvalue weighted by molar-refractivity contribution is -0.384. The van der Waals surface area contributed by atoms with Gasteiger partial charge in [0.05, 0.1) is 9.80 Å². The van der Waals surface area contributed by atoms with E-state index in [1.54, 1.807) is 24.3 Å². The third kappa shape index (κ3) is 4.68. The van der Waals surface area contributed by atoms with Crippen LogP contribution in [0.2, 0.25) is 0 Å². The fourth-order valence-corrected chi connectivity index (χ4v) is 3.41. The van der Waals surface area contributed by atoms with Gasteiger partial charge in [0.25, 0.3) is 5.69 Å². The van der Waals surface area contributed by atoms with Crippen molar-refractivity contribution in [3.05, 3.63) is 84.9 Å². The molecule has 6 nitrogen and oxygen atoms in total. The fraction of sp³-hybridized carbons (Fsp3) is 0.0556. The van der Waals surface area contributed by atoms with Crippen LogP contribution in [0, 0.1) is 10.1 Å². The maximum atomic E-state index is 12.0. The van der Waals surface area contributed by atoms with Gasteiger partial charge >= 0.3 is 0 Å². The summed E-state index contributed by atoms with van der Waals surface area (Å²) in [5.41, 5.74) is 0.00482. The first-order valence-corrected chi connectivity index (χ1v) is 9.11. The molecule has 0 bridgehead atoms. The smallest absolute Gasteiger partial charge is 0.269 e. The Bertz CT molecular complexity index is 958. The Balaban J connectivity index is 1.56. The number of carbonyl (C=O) groups excluding carboxylic acids is 1. The minimum atomic E-state index is -0.467. The van der Waals surface area contributed by atoms with Crippen molar-refractivity contribution in [3.63, 3.8) is 0 Å². The van der Waals surface area contributed by atoms with Crippen molar-refractivity contribution >= 4 is 44.8 Å². The van der Waals surface area contributed by atoms with Gasteiger partial charge in [-0.1, -0.05) is 0 Å². The molecule has 3 rings (SSSR count). The minimum Gasteiger partial charge on any atom is -0.486 e. The highest BCUT2D eigenvalue weighted by Gasteiger charge is 2.07. The molecule has 2 aromatic heterocycles. The third-order valence-corrected chi connectivity index (χ3v) is 5.03. The SMILES string of the molecule is O=C(/C=C/c1ccc(COc2ccc([N+](=O)[O-])cc2)o1)c1cc(Br)cs1. The van der Waals surface area contributed by atoms with Gasteiger partial charge in [0, 0.05) is 22.0 Å². The second-order valence-corrected chi connectivity index (χ2v) is 7.00. The van der Waals surface area contributed by atoms with Gasteiger partial charge in [0.15, 0.2) is 5.78 Å². The monoisotopic (exact) mass is 433 g/mol. The number of ketones is 1. The fourth-order valence-electron chi connectivity index (χ4n) is 2.06. The molecule has 26 heavy (non-hydrogen) atoms. The van der Waals surface area contributed by atoms with Crippen LogP contribution >= 0.6 is 27.3 Å². The predicted octanol–water partition coefficient (Wildman–Crippen LogP) is 5.49. The molecule has 0 aliphatic carbocycles. The molecule has 0 radical (unpaired) electrons. The van der Waals surface area contributed by atoms with Crippen LogP contribution in [0.15, 0.2) is 62.8 Å². The van der Waals surface area contributed by atoms with E-state index in [4.69, 9.17) is 9.15 Å². The van der Waals surface area contributed by atoms with Crippen LogP contribution in [0.5, 0.6) is 5.75 Å². The largest absolute Gasteiger partial charge is 0.486 e. The molecule has 8 heteroatoms. The van der Waals surface area contributed by atoms with Crippen molar-refractivity contribution in [2.45, 2.75) is 6.61 Å². The topological polar surface area (TPSA) is 82.6 Å². The van der Waals surface area contributed by atoms with E-state index in [0.717, 1.165) is 4.47 Å². The zero-order valence-electron chi connectivity index (χ0n) is 13.3. The highest BCUT2D eigenvalue weighted by atomic mass is 79.9. The Morgan fingerprint density at radius 2 is 2.04 bits per heavy atom. The number of hydrogen-bond acceptors (Lipinski definition) is 6. The molecule has 132 valence electrons. The van der Waals surface area contributed by atoms with Crippen LogP contribution in [0.3, 0.4) is 0 Å². The normalized spacial score (nSPS) is 11.0. The Kier molecular flexibility index (Phi) is 5.65. The van der Waals surface area contributed by atoms with Crippen LogP contribution in [0.4, 0.5) is 5.69 Å². The summed E-state index contributed by atoms with van der Waals surface area (Å²) in [6.45, 7) is 0.178. The number of halogens is 1. The number of nitro benzene ring substituents is 1. The lowest BCUT2D eigenvalue weighted by Gasteiger charge is -2.03. The molecule has 0 saturated carbocycles. The van der Waals surface area contributed by atoms with Crippen LogP contribution in [-0.4, -0.2) is 10.7 Å². The molecule has 0 fully saturated rings. The van der Waals surface area contributed by atoms with Crippen molar-refractivity contribution in [3.8, 4) is 5.75 Å². The summed E-state index contributed by atoms with van der Waals surface area (Å²) in [6, 6.07) is 11.1. The van der Waals surface area contributed by atoms with E-state index in [0.29, 0.717) is 22.1 Å². The average Bonchev–Trinajstić information content (AvgIpc) is 3.27. The third-order valence-electron chi connectivity index (χ3n) is 3.32. The molecule has 1 aromatic carbocycles. The highest BCUT2D eigenvalue weighted by molar-refractivity contribution is 9.10. The van der Waals surface area contributed by atoms with E-state index in [1.165, 1.54) is 41.7 Å². The number of nitro groups is 1. The maximum absolute atomic E-state index is 12.0. The van der Waals surface area contributed by atoms with Crippen LogP contribution in [-0.2, 0) is 6.61 Å². The highest BCUT2D eigenvalue weighted by Crippen LogP contribution is 2.21. The van der Waals surface area contributed by atoms with Gasteiger partial charge in [-0.15, -0.1) is 11.3 Å². The summed E-state index contributed by atoms with van der Waals surface area (Å²) >= 11 is 4.68. The van der Waals surface area contributed by atoms with Gasteiger partial charge in [0.1, 0.15) is 23.9 Å². The number of nitrogens with zero attached hydrogens (tertiary/aromatic N) is 1. The molecule has 0 unspecified atom stereocenters.